The molecule has 128 valence electrons. The third-order valence-electron chi connectivity index (χ3n) is 3.77. The second kappa shape index (κ2) is 7.27. The number of aromatic nitrogens is 2. The Morgan fingerprint density at radius 1 is 1.24 bits per heavy atom. The number of aliphatic hydroxyl groups is 1. The SMILES string of the molecule is Cc1ccc2nc(COC(=O)C(O)Cc3ccccc3)cc(=O)n2c1. The maximum absolute atomic E-state index is 12.1. The van der Waals surface area contributed by atoms with Gasteiger partial charge in [-0.05, 0) is 24.1 Å². The van der Waals surface area contributed by atoms with E-state index in [0.29, 0.717) is 11.3 Å². The van der Waals surface area contributed by atoms with Crippen LogP contribution in [-0.4, -0.2) is 26.6 Å². The number of carbonyl (C=O) groups excluding carboxylic acids is 1. The maximum atomic E-state index is 12.1. The van der Waals surface area contributed by atoms with Gasteiger partial charge < -0.3 is 9.84 Å². The minimum Gasteiger partial charge on any atom is -0.457 e. The van der Waals surface area contributed by atoms with Crippen LogP contribution in [0.1, 0.15) is 16.8 Å². The lowest BCUT2D eigenvalue weighted by Crippen LogP contribution is -2.26. The molecule has 0 spiro atoms. The molecule has 2 heterocycles. The molecule has 6 heteroatoms. The molecule has 0 saturated heterocycles. The summed E-state index contributed by atoms with van der Waals surface area (Å²) in [7, 11) is 0. The van der Waals surface area contributed by atoms with Crippen LogP contribution in [0.2, 0.25) is 0 Å². The van der Waals surface area contributed by atoms with Crippen molar-refractivity contribution < 1.29 is 14.6 Å². The highest BCUT2D eigenvalue weighted by Gasteiger charge is 2.17. The molecule has 1 atom stereocenters. The van der Waals surface area contributed by atoms with E-state index in [4.69, 9.17) is 4.74 Å². The lowest BCUT2D eigenvalue weighted by Gasteiger charge is -2.11. The number of nitrogens with zero attached hydrogens (tertiary/aromatic N) is 2. The van der Waals surface area contributed by atoms with E-state index in [0.717, 1.165) is 11.1 Å². The summed E-state index contributed by atoms with van der Waals surface area (Å²) in [6, 6.07) is 14.1. The number of carbonyl (C=O) groups is 1. The number of rotatable bonds is 5. The Bertz CT molecular complexity index is 951. The molecule has 0 aliphatic rings. The first-order chi connectivity index (χ1) is 12.0. The molecule has 3 aromatic rings. The number of fused-ring (bicyclic) bond motifs is 1. The Balaban J connectivity index is 1.66. The molecule has 2 aromatic heterocycles. The number of benzene rings is 1. The Labute approximate surface area is 144 Å². The largest absolute Gasteiger partial charge is 0.457 e. The minimum atomic E-state index is -1.26. The zero-order chi connectivity index (χ0) is 17.8. The van der Waals surface area contributed by atoms with Crippen molar-refractivity contribution in [3.63, 3.8) is 0 Å². The quantitative estimate of drug-likeness (QED) is 0.716. The fourth-order valence-corrected chi connectivity index (χ4v) is 2.49. The molecule has 1 unspecified atom stereocenters. The van der Waals surface area contributed by atoms with Crippen LogP contribution >= 0.6 is 0 Å². The van der Waals surface area contributed by atoms with Gasteiger partial charge in [-0.2, -0.15) is 0 Å². The second-order valence-electron chi connectivity index (χ2n) is 5.83. The number of pyridine rings is 1. The normalized spacial score (nSPS) is 12.1. The fraction of sp³-hybridized carbons (Fsp3) is 0.211. The topological polar surface area (TPSA) is 80.9 Å². The lowest BCUT2D eigenvalue weighted by atomic mass is 10.1. The van der Waals surface area contributed by atoms with E-state index in [-0.39, 0.29) is 18.6 Å². The summed E-state index contributed by atoms with van der Waals surface area (Å²) in [5, 5.41) is 9.95. The van der Waals surface area contributed by atoms with Crippen LogP contribution in [0.4, 0.5) is 0 Å². The van der Waals surface area contributed by atoms with Gasteiger partial charge in [-0.25, -0.2) is 9.78 Å². The van der Waals surface area contributed by atoms with Crippen LogP contribution in [-0.2, 0) is 22.6 Å². The summed E-state index contributed by atoms with van der Waals surface area (Å²) in [5.74, 6) is -0.741. The predicted molar refractivity (Wildman–Crippen MR) is 92.1 cm³/mol. The summed E-state index contributed by atoms with van der Waals surface area (Å²) in [6.45, 7) is 1.72. The van der Waals surface area contributed by atoms with E-state index in [1.807, 2.05) is 43.3 Å². The van der Waals surface area contributed by atoms with Crippen molar-refractivity contribution in [2.45, 2.75) is 26.1 Å². The molecular weight excluding hydrogens is 320 g/mol. The van der Waals surface area contributed by atoms with Crippen LogP contribution in [0, 0.1) is 6.92 Å². The van der Waals surface area contributed by atoms with Gasteiger partial charge in [0.25, 0.3) is 5.56 Å². The summed E-state index contributed by atoms with van der Waals surface area (Å²) in [6.07, 6.45) is 0.614. The molecule has 0 fully saturated rings. The first-order valence-corrected chi connectivity index (χ1v) is 7.90. The molecule has 0 amide bonds. The van der Waals surface area contributed by atoms with Crippen molar-refractivity contribution in [1.29, 1.82) is 0 Å². The number of hydrogen-bond donors (Lipinski definition) is 1. The first-order valence-electron chi connectivity index (χ1n) is 7.90. The molecule has 1 N–H and O–H groups in total. The van der Waals surface area contributed by atoms with Gasteiger partial charge in [0.05, 0.1) is 5.69 Å². The van der Waals surface area contributed by atoms with Crippen LogP contribution in [0.5, 0.6) is 0 Å². The zero-order valence-electron chi connectivity index (χ0n) is 13.8. The highest BCUT2D eigenvalue weighted by Crippen LogP contribution is 2.07. The maximum Gasteiger partial charge on any atom is 0.335 e. The van der Waals surface area contributed by atoms with Gasteiger partial charge in [0.2, 0.25) is 0 Å². The number of esters is 1. The molecule has 25 heavy (non-hydrogen) atoms. The first kappa shape index (κ1) is 16.9. The van der Waals surface area contributed by atoms with Crippen LogP contribution < -0.4 is 5.56 Å². The van der Waals surface area contributed by atoms with Crippen molar-refractivity contribution in [2.75, 3.05) is 0 Å². The van der Waals surface area contributed by atoms with Gasteiger partial charge in [-0.3, -0.25) is 9.20 Å². The van der Waals surface area contributed by atoms with Gasteiger partial charge >= 0.3 is 5.97 Å². The number of aliphatic hydroxyl groups excluding tert-OH is 1. The smallest absolute Gasteiger partial charge is 0.335 e. The van der Waals surface area contributed by atoms with Crippen molar-refractivity contribution in [3.05, 3.63) is 81.9 Å². The molecule has 0 bridgehead atoms. The van der Waals surface area contributed by atoms with Crippen molar-refractivity contribution >= 4 is 11.6 Å². The molecule has 1 aromatic carbocycles. The third kappa shape index (κ3) is 4.10. The van der Waals surface area contributed by atoms with E-state index in [2.05, 4.69) is 4.98 Å². The van der Waals surface area contributed by atoms with Crippen LogP contribution in [0.25, 0.3) is 5.65 Å². The highest BCUT2D eigenvalue weighted by molar-refractivity contribution is 5.74. The van der Waals surface area contributed by atoms with Crippen LogP contribution in [0.15, 0.2) is 59.5 Å². The Morgan fingerprint density at radius 3 is 2.76 bits per heavy atom. The molecule has 0 aliphatic carbocycles. The summed E-state index contributed by atoms with van der Waals surface area (Å²) >= 11 is 0. The minimum absolute atomic E-state index is 0.162. The molecule has 0 aliphatic heterocycles. The molecule has 6 nitrogen and oxygen atoms in total. The van der Waals surface area contributed by atoms with E-state index in [1.165, 1.54) is 10.5 Å². The molecular formula is C19H18N2O4. The van der Waals surface area contributed by atoms with Gasteiger partial charge in [0.15, 0.2) is 6.10 Å². The predicted octanol–water partition coefficient (Wildman–Crippen LogP) is 1.65. The average molecular weight is 338 g/mol. The highest BCUT2D eigenvalue weighted by atomic mass is 16.5. The number of ether oxygens (including phenoxy) is 1. The van der Waals surface area contributed by atoms with Gasteiger partial charge in [0.1, 0.15) is 12.3 Å². The zero-order valence-corrected chi connectivity index (χ0v) is 13.8. The van der Waals surface area contributed by atoms with Crippen molar-refractivity contribution in [2.24, 2.45) is 0 Å². The van der Waals surface area contributed by atoms with Gasteiger partial charge in [-0.1, -0.05) is 36.4 Å². The monoisotopic (exact) mass is 338 g/mol. The second-order valence-corrected chi connectivity index (χ2v) is 5.83. The van der Waals surface area contributed by atoms with Gasteiger partial charge in [-0.15, -0.1) is 0 Å². The molecule has 3 rings (SSSR count). The van der Waals surface area contributed by atoms with Crippen molar-refractivity contribution in [3.8, 4) is 0 Å². The number of hydrogen-bond acceptors (Lipinski definition) is 5. The third-order valence-corrected chi connectivity index (χ3v) is 3.77. The Hall–Kier alpha value is -2.99. The van der Waals surface area contributed by atoms with Crippen molar-refractivity contribution in [1.82, 2.24) is 9.38 Å². The molecule has 0 saturated carbocycles. The summed E-state index contributed by atoms with van der Waals surface area (Å²) in [4.78, 5) is 28.3. The van der Waals surface area contributed by atoms with Crippen LogP contribution in [0.3, 0.4) is 0 Å². The molecule has 0 radical (unpaired) electrons. The number of aryl methyl sites for hydroxylation is 1. The average Bonchev–Trinajstić information content (AvgIpc) is 2.61. The summed E-state index contributed by atoms with van der Waals surface area (Å²) < 4.78 is 6.53. The Kier molecular flexibility index (Phi) is 4.90. The lowest BCUT2D eigenvalue weighted by molar-refractivity contribution is -0.154. The fourth-order valence-electron chi connectivity index (χ4n) is 2.49. The van der Waals surface area contributed by atoms with E-state index in [1.54, 1.807) is 12.3 Å². The standard InChI is InChI=1S/C19H18N2O4/c1-13-7-8-17-20-15(10-18(23)21(17)11-13)12-25-19(24)16(22)9-14-5-3-2-4-6-14/h2-8,10-11,16,22H,9,12H2,1H3. The van der Waals surface area contributed by atoms with E-state index >= 15 is 0 Å². The van der Waals surface area contributed by atoms with Gasteiger partial charge in [0, 0.05) is 18.7 Å². The summed E-state index contributed by atoms with van der Waals surface area (Å²) in [5.41, 5.74) is 2.36. The van der Waals surface area contributed by atoms with E-state index < -0.39 is 12.1 Å². The Morgan fingerprint density at radius 2 is 2.00 bits per heavy atom. The van der Waals surface area contributed by atoms with E-state index in [9.17, 15) is 14.7 Å².